The Morgan fingerprint density at radius 1 is 1.19 bits per heavy atom. The molecular weight excluding hydrogens is 342 g/mol. The number of likely N-dealkylation sites (tertiary alicyclic amines) is 1. The van der Waals surface area contributed by atoms with Gasteiger partial charge < -0.3 is 14.5 Å². The molecule has 1 N–H and O–H groups in total. The monoisotopic (exact) mass is 363 g/mol. The van der Waals surface area contributed by atoms with Gasteiger partial charge in [-0.3, -0.25) is 9.69 Å². The zero-order valence-corrected chi connectivity index (χ0v) is 15.0. The van der Waals surface area contributed by atoms with Crippen molar-refractivity contribution in [1.82, 2.24) is 14.9 Å². The molecule has 0 radical (unpaired) electrons. The number of ether oxygens (including phenoxy) is 2. The number of H-pyrrole nitrogens is 1. The predicted molar refractivity (Wildman–Crippen MR) is 101 cm³/mol. The molecule has 138 valence electrons. The standard InChI is InChI=1S/C21H21N3O3/c25-21(14-7-8-18-19(10-14)27-13-26-18)15-4-3-9-24(11-15)12-20-22-16-5-1-2-6-17(16)23-20/h1-2,5-8,10,15H,3-4,9,11-13H2,(H,22,23). The maximum absolute atomic E-state index is 13.0. The van der Waals surface area contributed by atoms with Gasteiger partial charge in [-0.2, -0.15) is 0 Å². The van der Waals surface area contributed by atoms with Crippen molar-refractivity contribution in [1.29, 1.82) is 0 Å². The van der Waals surface area contributed by atoms with Crippen molar-refractivity contribution < 1.29 is 14.3 Å². The minimum Gasteiger partial charge on any atom is -0.454 e. The van der Waals surface area contributed by atoms with Crippen LogP contribution in [-0.2, 0) is 6.54 Å². The Kier molecular flexibility index (Phi) is 4.05. The Bertz CT molecular complexity index is 964. The van der Waals surface area contributed by atoms with Gasteiger partial charge in [-0.25, -0.2) is 4.98 Å². The summed E-state index contributed by atoms with van der Waals surface area (Å²) in [5, 5.41) is 0. The van der Waals surface area contributed by atoms with Crippen molar-refractivity contribution in [2.75, 3.05) is 19.9 Å². The molecule has 2 aliphatic heterocycles. The zero-order valence-electron chi connectivity index (χ0n) is 15.0. The lowest BCUT2D eigenvalue weighted by atomic mass is 9.90. The van der Waals surface area contributed by atoms with Gasteiger partial charge >= 0.3 is 0 Å². The molecular formula is C21H21N3O3. The maximum atomic E-state index is 13.0. The minimum absolute atomic E-state index is 0.00324. The largest absolute Gasteiger partial charge is 0.454 e. The fraction of sp³-hybridized carbons (Fsp3) is 0.333. The first-order valence-corrected chi connectivity index (χ1v) is 9.36. The van der Waals surface area contributed by atoms with Crippen LogP contribution in [0.3, 0.4) is 0 Å². The molecule has 5 rings (SSSR count). The lowest BCUT2D eigenvalue weighted by Crippen LogP contribution is -2.38. The number of ketones is 1. The molecule has 1 fully saturated rings. The molecule has 0 bridgehead atoms. The molecule has 2 aromatic carbocycles. The molecule has 1 atom stereocenters. The number of fused-ring (bicyclic) bond motifs is 2. The van der Waals surface area contributed by atoms with Crippen LogP contribution in [0.25, 0.3) is 11.0 Å². The summed E-state index contributed by atoms with van der Waals surface area (Å²) in [4.78, 5) is 23.3. The van der Waals surface area contributed by atoms with Gasteiger partial charge in [-0.1, -0.05) is 12.1 Å². The number of nitrogens with one attached hydrogen (secondary N) is 1. The average Bonchev–Trinajstić information content (AvgIpc) is 3.33. The van der Waals surface area contributed by atoms with E-state index in [9.17, 15) is 4.79 Å². The Labute approximate surface area is 157 Å². The van der Waals surface area contributed by atoms with Crippen LogP contribution >= 0.6 is 0 Å². The summed E-state index contributed by atoms with van der Waals surface area (Å²) < 4.78 is 10.7. The lowest BCUT2D eigenvalue weighted by molar-refractivity contribution is 0.0808. The van der Waals surface area contributed by atoms with E-state index >= 15 is 0 Å². The molecule has 1 aromatic heterocycles. The third-order valence-corrected chi connectivity index (χ3v) is 5.35. The normalized spacial score (nSPS) is 19.5. The lowest BCUT2D eigenvalue weighted by Gasteiger charge is -2.31. The quantitative estimate of drug-likeness (QED) is 0.720. The number of aromatic nitrogens is 2. The Morgan fingerprint density at radius 3 is 3.00 bits per heavy atom. The van der Waals surface area contributed by atoms with Gasteiger partial charge in [0.1, 0.15) is 5.82 Å². The van der Waals surface area contributed by atoms with Crippen molar-refractivity contribution >= 4 is 16.8 Å². The van der Waals surface area contributed by atoms with E-state index in [-0.39, 0.29) is 18.5 Å². The third-order valence-electron chi connectivity index (χ3n) is 5.35. The molecule has 0 saturated carbocycles. The molecule has 1 unspecified atom stereocenters. The predicted octanol–water partition coefficient (Wildman–Crippen LogP) is 3.39. The molecule has 2 aliphatic rings. The highest BCUT2D eigenvalue weighted by Gasteiger charge is 2.28. The summed E-state index contributed by atoms with van der Waals surface area (Å²) in [5.41, 5.74) is 2.74. The van der Waals surface area contributed by atoms with Crippen molar-refractivity contribution in [3.05, 3.63) is 53.9 Å². The molecule has 6 heteroatoms. The molecule has 27 heavy (non-hydrogen) atoms. The highest BCUT2D eigenvalue weighted by atomic mass is 16.7. The number of carbonyl (C=O) groups is 1. The van der Waals surface area contributed by atoms with E-state index in [1.54, 1.807) is 0 Å². The van der Waals surface area contributed by atoms with E-state index in [0.717, 1.165) is 49.3 Å². The molecule has 3 heterocycles. The van der Waals surface area contributed by atoms with Gasteiger partial charge in [0.05, 0.1) is 17.6 Å². The number of hydrogen-bond acceptors (Lipinski definition) is 5. The number of nitrogens with zero attached hydrogens (tertiary/aromatic N) is 2. The van der Waals surface area contributed by atoms with Crippen molar-refractivity contribution in [2.45, 2.75) is 19.4 Å². The number of imidazole rings is 1. The number of hydrogen-bond donors (Lipinski definition) is 1. The van der Waals surface area contributed by atoms with Crippen molar-refractivity contribution in [3.63, 3.8) is 0 Å². The van der Waals surface area contributed by atoms with Gasteiger partial charge in [-0.15, -0.1) is 0 Å². The highest BCUT2D eigenvalue weighted by molar-refractivity contribution is 5.98. The number of para-hydroxylation sites is 2. The van der Waals surface area contributed by atoms with Gasteiger partial charge in [-0.05, 0) is 49.7 Å². The van der Waals surface area contributed by atoms with Gasteiger partial charge in [0, 0.05) is 18.0 Å². The first-order chi connectivity index (χ1) is 13.3. The van der Waals surface area contributed by atoms with Crippen LogP contribution in [0, 0.1) is 5.92 Å². The SMILES string of the molecule is O=C(c1ccc2c(c1)OCO2)C1CCCN(Cc2nc3ccccc3[nH]2)C1. The second-order valence-electron chi connectivity index (χ2n) is 7.21. The van der Waals surface area contributed by atoms with Crippen molar-refractivity contribution in [2.24, 2.45) is 5.92 Å². The second-order valence-corrected chi connectivity index (χ2v) is 7.21. The maximum Gasteiger partial charge on any atom is 0.231 e. The smallest absolute Gasteiger partial charge is 0.231 e. The Hall–Kier alpha value is -2.86. The van der Waals surface area contributed by atoms with Crippen LogP contribution < -0.4 is 9.47 Å². The number of aromatic amines is 1. The van der Waals surface area contributed by atoms with Crippen LogP contribution in [0.2, 0.25) is 0 Å². The van der Waals surface area contributed by atoms with Crippen LogP contribution in [0.15, 0.2) is 42.5 Å². The van der Waals surface area contributed by atoms with Gasteiger partial charge in [0.25, 0.3) is 0 Å². The van der Waals surface area contributed by atoms with Gasteiger partial charge in [0.2, 0.25) is 6.79 Å². The number of benzene rings is 2. The van der Waals surface area contributed by atoms with E-state index < -0.39 is 0 Å². The van der Waals surface area contributed by atoms with Gasteiger partial charge in [0.15, 0.2) is 17.3 Å². The molecule has 3 aromatic rings. The fourth-order valence-electron chi connectivity index (χ4n) is 3.99. The second kappa shape index (κ2) is 6.70. The third kappa shape index (κ3) is 3.17. The first-order valence-electron chi connectivity index (χ1n) is 9.36. The number of Topliss-reactive ketones (excluding diaryl/α,β-unsaturated/α-hetero) is 1. The molecule has 6 nitrogen and oxygen atoms in total. The number of rotatable bonds is 4. The summed E-state index contributed by atoms with van der Waals surface area (Å²) in [6.07, 6.45) is 1.94. The highest BCUT2D eigenvalue weighted by Crippen LogP contribution is 2.34. The molecule has 1 saturated heterocycles. The number of piperidine rings is 1. The minimum atomic E-state index is 0.00324. The Morgan fingerprint density at radius 2 is 2.07 bits per heavy atom. The first kappa shape index (κ1) is 16.3. The molecule has 0 amide bonds. The summed E-state index contributed by atoms with van der Waals surface area (Å²) in [7, 11) is 0. The zero-order chi connectivity index (χ0) is 18.2. The fourth-order valence-corrected chi connectivity index (χ4v) is 3.99. The Balaban J connectivity index is 1.29. The van der Waals surface area contributed by atoms with E-state index in [4.69, 9.17) is 9.47 Å². The molecule has 0 aliphatic carbocycles. The van der Waals surface area contributed by atoms with E-state index in [2.05, 4.69) is 14.9 Å². The summed E-state index contributed by atoms with van der Waals surface area (Å²) >= 11 is 0. The van der Waals surface area contributed by atoms with Crippen LogP contribution in [0.5, 0.6) is 11.5 Å². The summed E-state index contributed by atoms with van der Waals surface area (Å²) in [6, 6.07) is 13.5. The van der Waals surface area contributed by atoms with E-state index in [1.807, 2.05) is 42.5 Å². The van der Waals surface area contributed by atoms with Crippen LogP contribution in [0.4, 0.5) is 0 Å². The van der Waals surface area contributed by atoms with E-state index in [1.165, 1.54) is 0 Å². The average molecular weight is 363 g/mol. The summed E-state index contributed by atoms with van der Waals surface area (Å²) in [6.45, 7) is 2.70. The van der Waals surface area contributed by atoms with Crippen LogP contribution in [-0.4, -0.2) is 40.5 Å². The number of carbonyl (C=O) groups excluding carboxylic acids is 1. The summed E-state index contributed by atoms with van der Waals surface area (Å²) in [5.74, 6) is 2.51. The van der Waals surface area contributed by atoms with E-state index in [0.29, 0.717) is 17.1 Å². The topological polar surface area (TPSA) is 67.5 Å². The van der Waals surface area contributed by atoms with Crippen molar-refractivity contribution in [3.8, 4) is 11.5 Å². The molecule has 0 spiro atoms. The van der Waals surface area contributed by atoms with Crippen LogP contribution in [0.1, 0.15) is 29.0 Å².